The van der Waals surface area contributed by atoms with Gasteiger partial charge in [-0.25, -0.2) is 19.7 Å². The zero-order valence-corrected chi connectivity index (χ0v) is 18.7. The summed E-state index contributed by atoms with van der Waals surface area (Å²) in [6.45, 7) is 2.29. The van der Waals surface area contributed by atoms with E-state index in [9.17, 15) is 23.1 Å². The molecule has 5 heterocycles. The number of fused-ring (bicyclic) bond motifs is 1. The van der Waals surface area contributed by atoms with E-state index >= 15 is 0 Å². The SMILES string of the molecule is O=C(O)N1CCc2c(ncnc2N2CCCC(Nc3ncc(C(F)(F)F)c(OC4COC4)n3)C2)C1. The molecule has 1 unspecified atom stereocenters. The number of halogens is 3. The van der Waals surface area contributed by atoms with E-state index in [0.29, 0.717) is 25.2 Å². The molecule has 35 heavy (non-hydrogen) atoms. The first-order valence-electron chi connectivity index (χ1n) is 11.3. The van der Waals surface area contributed by atoms with E-state index in [1.165, 1.54) is 11.2 Å². The fourth-order valence-corrected chi connectivity index (χ4v) is 4.40. The van der Waals surface area contributed by atoms with E-state index in [1.807, 2.05) is 0 Å². The topological polar surface area (TPSA) is 126 Å². The number of alkyl halides is 3. The first-order chi connectivity index (χ1) is 16.8. The van der Waals surface area contributed by atoms with Crippen molar-refractivity contribution in [3.05, 3.63) is 29.3 Å². The van der Waals surface area contributed by atoms with Gasteiger partial charge in [0, 0.05) is 37.4 Å². The highest BCUT2D eigenvalue weighted by molar-refractivity contribution is 5.66. The van der Waals surface area contributed by atoms with Crippen LogP contribution in [0.5, 0.6) is 5.88 Å². The lowest BCUT2D eigenvalue weighted by molar-refractivity contribution is -0.142. The van der Waals surface area contributed by atoms with Crippen molar-refractivity contribution in [1.82, 2.24) is 24.8 Å². The molecule has 3 aliphatic heterocycles. The minimum Gasteiger partial charge on any atom is -0.469 e. The van der Waals surface area contributed by atoms with Crippen LogP contribution in [0.15, 0.2) is 12.5 Å². The number of carboxylic acid groups (broad SMARTS) is 1. The van der Waals surface area contributed by atoms with Gasteiger partial charge in [0.1, 0.15) is 23.8 Å². The number of rotatable bonds is 5. The summed E-state index contributed by atoms with van der Waals surface area (Å²) >= 11 is 0. The quantitative estimate of drug-likeness (QED) is 0.637. The van der Waals surface area contributed by atoms with Crippen LogP contribution >= 0.6 is 0 Å². The van der Waals surface area contributed by atoms with Crippen molar-refractivity contribution in [1.29, 1.82) is 0 Å². The van der Waals surface area contributed by atoms with Gasteiger partial charge >= 0.3 is 12.3 Å². The highest BCUT2D eigenvalue weighted by Gasteiger charge is 2.38. The van der Waals surface area contributed by atoms with Gasteiger partial charge in [0.15, 0.2) is 0 Å². The summed E-state index contributed by atoms with van der Waals surface area (Å²) in [5.41, 5.74) is 0.588. The molecule has 0 spiro atoms. The first kappa shape index (κ1) is 23.3. The predicted molar refractivity (Wildman–Crippen MR) is 115 cm³/mol. The Labute approximate surface area is 198 Å². The number of carbonyl (C=O) groups is 1. The van der Waals surface area contributed by atoms with E-state index in [0.717, 1.165) is 37.0 Å². The lowest BCUT2D eigenvalue weighted by atomic mass is 10.0. The van der Waals surface area contributed by atoms with Gasteiger partial charge in [-0.05, 0) is 19.3 Å². The Morgan fingerprint density at radius 2 is 2.06 bits per heavy atom. The number of nitrogens with zero attached hydrogens (tertiary/aromatic N) is 6. The molecular formula is C21H24F3N7O4. The minimum atomic E-state index is -4.64. The van der Waals surface area contributed by atoms with E-state index < -0.39 is 29.8 Å². The Balaban J connectivity index is 1.31. The van der Waals surface area contributed by atoms with Crippen LogP contribution in [0.3, 0.4) is 0 Å². The highest BCUT2D eigenvalue weighted by atomic mass is 19.4. The van der Waals surface area contributed by atoms with Gasteiger partial charge in [-0.15, -0.1) is 0 Å². The van der Waals surface area contributed by atoms with Crippen LogP contribution in [0.1, 0.15) is 29.7 Å². The Morgan fingerprint density at radius 3 is 2.77 bits per heavy atom. The molecule has 5 rings (SSSR count). The van der Waals surface area contributed by atoms with Gasteiger partial charge in [-0.2, -0.15) is 18.2 Å². The average molecular weight is 495 g/mol. The Morgan fingerprint density at radius 1 is 1.23 bits per heavy atom. The molecule has 11 nitrogen and oxygen atoms in total. The predicted octanol–water partition coefficient (Wildman–Crippen LogP) is 2.18. The molecule has 0 aliphatic carbocycles. The van der Waals surface area contributed by atoms with Gasteiger partial charge < -0.3 is 29.7 Å². The van der Waals surface area contributed by atoms with Crippen molar-refractivity contribution in [2.45, 2.75) is 44.1 Å². The fraction of sp³-hybridized carbons (Fsp3) is 0.571. The largest absolute Gasteiger partial charge is 0.469 e. The molecule has 14 heteroatoms. The Bertz CT molecular complexity index is 1100. The summed E-state index contributed by atoms with van der Waals surface area (Å²) < 4.78 is 50.6. The smallest absolute Gasteiger partial charge is 0.423 e. The van der Waals surface area contributed by atoms with Gasteiger partial charge in [0.25, 0.3) is 0 Å². The second-order valence-electron chi connectivity index (χ2n) is 8.69. The fourth-order valence-electron chi connectivity index (χ4n) is 4.40. The molecule has 2 aromatic rings. The van der Waals surface area contributed by atoms with E-state index in [-0.39, 0.29) is 31.7 Å². The van der Waals surface area contributed by atoms with Crippen LogP contribution < -0.4 is 15.0 Å². The zero-order chi connectivity index (χ0) is 24.6. The molecule has 2 saturated heterocycles. The molecule has 0 aromatic carbocycles. The Kier molecular flexibility index (Phi) is 6.21. The maximum Gasteiger partial charge on any atom is 0.423 e. The van der Waals surface area contributed by atoms with Crippen molar-refractivity contribution >= 4 is 17.9 Å². The molecule has 1 amide bonds. The van der Waals surface area contributed by atoms with E-state index in [4.69, 9.17) is 9.47 Å². The van der Waals surface area contributed by atoms with Crippen molar-refractivity contribution in [3.8, 4) is 5.88 Å². The molecule has 188 valence electrons. The summed E-state index contributed by atoms with van der Waals surface area (Å²) in [5.74, 6) is 0.305. The standard InChI is InChI=1S/C21H24F3N7O4/c22-21(23,24)15-6-25-19(29-18(15)35-13-9-34-10-13)28-12-2-1-4-30(7-12)17-14-3-5-31(20(32)33)8-16(14)26-11-27-17/h6,11-13H,1-5,7-10H2,(H,32,33)(H,25,28,29). The van der Waals surface area contributed by atoms with Crippen molar-refractivity contribution in [3.63, 3.8) is 0 Å². The molecular weight excluding hydrogens is 471 g/mol. The normalized spacial score (nSPS) is 20.7. The highest BCUT2D eigenvalue weighted by Crippen LogP contribution is 2.36. The number of anilines is 2. The summed E-state index contributed by atoms with van der Waals surface area (Å²) in [6.07, 6.45) is -1.81. The van der Waals surface area contributed by atoms with Crippen LogP contribution in [0.25, 0.3) is 0 Å². The van der Waals surface area contributed by atoms with Crippen LogP contribution in [-0.4, -0.2) is 81.0 Å². The molecule has 2 N–H and O–H groups in total. The minimum absolute atomic E-state index is 0.0573. The number of hydrogen-bond acceptors (Lipinski definition) is 9. The third kappa shape index (κ3) is 5.01. The molecule has 2 fully saturated rings. The van der Waals surface area contributed by atoms with Gasteiger partial charge in [-0.1, -0.05) is 0 Å². The molecule has 0 saturated carbocycles. The molecule has 1 atom stereocenters. The van der Waals surface area contributed by atoms with Crippen LogP contribution in [0.4, 0.5) is 29.7 Å². The summed E-state index contributed by atoms with van der Waals surface area (Å²) in [7, 11) is 0. The summed E-state index contributed by atoms with van der Waals surface area (Å²) in [4.78, 5) is 31.4. The molecule has 3 aliphatic rings. The molecule has 0 bridgehead atoms. The first-order valence-corrected chi connectivity index (χ1v) is 11.3. The van der Waals surface area contributed by atoms with Crippen molar-refractivity contribution < 1.29 is 32.5 Å². The van der Waals surface area contributed by atoms with Crippen LogP contribution in [0, 0.1) is 0 Å². The Hall–Kier alpha value is -3.42. The number of ether oxygens (including phenoxy) is 2. The second kappa shape index (κ2) is 9.32. The number of nitrogens with one attached hydrogen (secondary N) is 1. The van der Waals surface area contributed by atoms with E-state index in [2.05, 4.69) is 30.2 Å². The van der Waals surface area contributed by atoms with Crippen LogP contribution in [0.2, 0.25) is 0 Å². The average Bonchev–Trinajstić information content (AvgIpc) is 2.80. The lowest BCUT2D eigenvalue weighted by Gasteiger charge is -2.36. The zero-order valence-electron chi connectivity index (χ0n) is 18.7. The summed E-state index contributed by atoms with van der Waals surface area (Å²) in [5, 5.41) is 12.4. The number of hydrogen-bond donors (Lipinski definition) is 2. The van der Waals surface area contributed by atoms with Gasteiger partial charge in [0.2, 0.25) is 11.8 Å². The molecule has 0 radical (unpaired) electrons. The molecule has 2 aromatic heterocycles. The lowest BCUT2D eigenvalue weighted by Crippen LogP contribution is -2.44. The number of aromatic nitrogens is 4. The van der Waals surface area contributed by atoms with Gasteiger partial charge in [0.05, 0.1) is 25.5 Å². The maximum absolute atomic E-state index is 13.4. The number of amides is 1. The third-order valence-electron chi connectivity index (χ3n) is 6.25. The second-order valence-corrected chi connectivity index (χ2v) is 8.69. The van der Waals surface area contributed by atoms with E-state index in [1.54, 1.807) is 0 Å². The maximum atomic E-state index is 13.4. The number of piperidine rings is 1. The van der Waals surface area contributed by atoms with Crippen LogP contribution in [-0.2, 0) is 23.9 Å². The monoisotopic (exact) mass is 495 g/mol. The van der Waals surface area contributed by atoms with Gasteiger partial charge in [-0.3, -0.25) is 0 Å². The van der Waals surface area contributed by atoms with Crippen molar-refractivity contribution in [2.75, 3.05) is 43.1 Å². The van der Waals surface area contributed by atoms with Crippen molar-refractivity contribution in [2.24, 2.45) is 0 Å². The summed E-state index contributed by atoms with van der Waals surface area (Å²) in [6, 6.07) is -0.134. The third-order valence-corrected chi connectivity index (χ3v) is 6.25.